The van der Waals surface area contributed by atoms with E-state index in [1.165, 1.54) is 18.3 Å². The highest BCUT2D eigenvalue weighted by molar-refractivity contribution is 9.10. The van der Waals surface area contributed by atoms with E-state index in [1.807, 2.05) is 13.8 Å². The van der Waals surface area contributed by atoms with Crippen molar-refractivity contribution in [3.05, 3.63) is 51.0 Å². The fraction of sp³-hybridized carbons (Fsp3) is 0.308. The van der Waals surface area contributed by atoms with Gasteiger partial charge in [-0.3, -0.25) is 4.68 Å². The zero-order chi connectivity index (χ0) is 14.2. The third-order valence-corrected chi connectivity index (χ3v) is 3.57. The number of aromatic nitrogens is 2. The Bertz CT molecular complexity index is 600. The lowest BCUT2D eigenvalue weighted by Crippen LogP contribution is -2.13. The molecule has 3 nitrogen and oxygen atoms in total. The lowest BCUT2D eigenvalue weighted by atomic mass is 10.1. The number of hydrogen-bond acceptors (Lipinski definition) is 2. The quantitative estimate of drug-likeness (QED) is 0.907. The van der Waals surface area contributed by atoms with Gasteiger partial charge in [-0.15, -0.1) is 0 Å². The molecule has 1 aromatic carbocycles. The Morgan fingerprint density at radius 1 is 1.42 bits per heavy atom. The van der Waals surface area contributed by atoms with Crippen LogP contribution >= 0.6 is 27.5 Å². The first-order valence-electron chi connectivity index (χ1n) is 5.77. The predicted molar refractivity (Wildman–Crippen MR) is 75.8 cm³/mol. The minimum absolute atomic E-state index is 0.0207. The molecular weight excluding hydrogens is 335 g/mol. The van der Waals surface area contributed by atoms with Gasteiger partial charge >= 0.3 is 0 Å². The molecule has 0 bridgehead atoms. The van der Waals surface area contributed by atoms with Crippen molar-refractivity contribution < 1.29 is 9.50 Å². The Morgan fingerprint density at radius 3 is 2.74 bits per heavy atom. The van der Waals surface area contributed by atoms with Gasteiger partial charge in [-0.2, -0.15) is 5.10 Å². The molecule has 0 fully saturated rings. The molecule has 0 amide bonds. The molecule has 1 aromatic heterocycles. The summed E-state index contributed by atoms with van der Waals surface area (Å²) in [4.78, 5) is 0. The highest BCUT2D eigenvalue weighted by atomic mass is 79.9. The SMILES string of the molecule is CC(C)n1ncc(Cl)c1C(O)c1cc(Br)ccc1F. The summed E-state index contributed by atoms with van der Waals surface area (Å²) in [6.45, 7) is 3.83. The monoisotopic (exact) mass is 346 g/mol. The Labute approximate surface area is 124 Å². The first-order chi connectivity index (χ1) is 8.91. The molecular formula is C13H13BrClFN2O. The van der Waals surface area contributed by atoms with Crippen LogP contribution in [0, 0.1) is 5.82 Å². The van der Waals surface area contributed by atoms with E-state index in [2.05, 4.69) is 21.0 Å². The smallest absolute Gasteiger partial charge is 0.129 e. The second-order valence-corrected chi connectivity index (χ2v) is 5.81. The standard InChI is InChI=1S/C13H13BrClFN2O/c1-7(2)18-12(10(15)6-17-18)13(19)9-5-8(14)3-4-11(9)16/h3-7,13,19H,1-2H3. The van der Waals surface area contributed by atoms with Gasteiger partial charge in [-0.05, 0) is 32.0 Å². The summed E-state index contributed by atoms with van der Waals surface area (Å²) in [5.74, 6) is -0.483. The van der Waals surface area contributed by atoms with Gasteiger partial charge in [0.25, 0.3) is 0 Å². The highest BCUT2D eigenvalue weighted by Crippen LogP contribution is 2.32. The van der Waals surface area contributed by atoms with E-state index in [4.69, 9.17) is 11.6 Å². The van der Waals surface area contributed by atoms with Crippen LogP contribution in [0.25, 0.3) is 0 Å². The molecule has 1 unspecified atom stereocenters. The molecule has 6 heteroatoms. The van der Waals surface area contributed by atoms with E-state index in [0.29, 0.717) is 15.2 Å². The van der Waals surface area contributed by atoms with Crippen LogP contribution in [0.15, 0.2) is 28.9 Å². The molecule has 0 aliphatic carbocycles. The van der Waals surface area contributed by atoms with Crippen molar-refractivity contribution in [2.75, 3.05) is 0 Å². The van der Waals surface area contributed by atoms with Gasteiger partial charge < -0.3 is 5.11 Å². The summed E-state index contributed by atoms with van der Waals surface area (Å²) in [6, 6.07) is 4.43. The van der Waals surface area contributed by atoms with Gasteiger partial charge in [0.15, 0.2) is 0 Å². The summed E-state index contributed by atoms with van der Waals surface area (Å²) < 4.78 is 16.1. The number of halogens is 3. The molecule has 1 heterocycles. The molecule has 102 valence electrons. The topological polar surface area (TPSA) is 38.0 Å². The Morgan fingerprint density at radius 2 is 2.11 bits per heavy atom. The van der Waals surface area contributed by atoms with Crippen LogP contribution in [-0.2, 0) is 0 Å². The van der Waals surface area contributed by atoms with Crippen LogP contribution in [0.3, 0.4) is 0 Å². The maximum atomic E-state index is 13.8. The molecule has 19 heavy (non-hydrogen) atoms. The average Bonchev–Trinajstić information content (AvgIpc) is 2.73. The lowest BCUT2D eigenvalue weighted by Gasteiger charge is -2.17. The van der Waals surface area contributed by atoms with E-state index < -0.39 is 11.9 Å². The molecule has 0 spiro atoms. The molecule has 0 aliphatic heterocycles. The van der Waals surface area contributed by atoms with Crippen molar-refractivity contribution in [3.8, 4) is 0 Å². The van der Waals surface area contributed by atoms with Gasteiger partial charge in [-0.25, -0.2) is 4.39 Å². The zero-order valence-electron chi connectivity index (χ0n) is 10.4. The molecule has 0 saturated heterocycles. The fourth-order valence-corrected chi connectivity index (χ4v) is 2.50. The molecule has 0 saturated carbocycles. The fourth-order valence-electron chi connectivity index (χ4n) is 1.89. The van der Waals surface area contributed by atoms with E-state index in [1.54, 1.807) is 10.7 Å². The van der Waals surface area contributed by atoms with Crippen molar-refractivity contribution in [1.29, 1.82) is 0 Å². The van der Waals surface area contributed by atoms with Gasteiger partial charge in [0.1, 0.15) is 11.9 Å². The van der Waals surface area contributed by atoms with Gasteiger partial charge in [0, 0.05) is 16.1 Å². The van der Waals surface area contributed by atoms with Crippen LogP contribution in [0.5, 0.6) is 0 Å². The number of aliphatic hydroxyl groups excluding tert-OH is 1. The summed E-state index contributed by atoms with van der Waals surface area (Å²) in [6.07, 6.45) is 0.297. The maximum Gasteiger partial charge on any atom is 0.129 e. The van der Waals surface area contributed by atoms with E-state index >= 15 is 0 Å². The van der Waals surface area contributed by atoms with Crippen molar-refractivity contribution in [2.24, 2.45) is 0 Å². The number of benzene rings is 1. The average molecular weight is 348 g/mol. The summed E-state index contributed by atoms with van der Waals surface area (Å²) in [5.41, 5.74) is 0.562. The first kappa shape index (κ1) is 14.5. The minimum Gasteiger partial charge on any atom is -0.382 e. The van der Waals surface area contributed by atoms with Crippen LogP contribution < -0.4 is 0 Å². The van der Waals surface area contributed by atoms with Crippen LogP contribution in [0.2, 0.25) is 5.02 Å². The van der Waals surface area contributed by atoms with Gasteiger partial charge in [0.05, 0.1) is 16.9 Å². The molecule has 1 N–H and O–H groups in total. The van der Waals surface area contributed by atoms with Crippen molar-refractivity contribution >= 4 is 27.5 Å². The molecule has 0 aliphatic rings. The Hall–Kier alpha value is -0.910. The van der Waals surface area contributed by atoms with Gasteiger partial charge in [-0.1, -0.05) is 27.5 Å². The van der Waals surface area contributed by atoms with E-state index in [-0.39, 0.29) is 11.6 Å². The lowest BCUT2D eigenvalue weighted by molar-refractivity contribution is 0.200. The number of hydrogen-bond donors (Lipinski definition) is 1. The third-order valence-electron chi connectivity index (χ3n) is 2.79. The first-order valence-corrected chi connectivity index (χ1v) is 6.94. The second kappa shape index (κ2) is 5.61. The summed E-state index contributed by atoms with van der Waals surface area (Å²) in [7, 11) is 0. The van der Waals surface area contributed by atoms with Crippen molar-refractivity contribution in [2.45, 2.75) is 26.0 Å². The molecule has 2 aromatic rings. The van der Waals surface area contributed by atoms with Crippen LogP contribution in [0.4, 0.5) is 4.39 Å². The van der Waals surface area contributed by atoms with E-state index in [0.717, 1.165) is 0 Å². The summed E-state index contributed by atoms with van der Waals surface area (Å²) >= 11 is 9.31. The van der Waals surface area contributed by atoms with Crippen molar-refractivity contribution in [3.63, 3.8) is 0 Å². The Kier molecular flexibility index (Phi) is 4.28. The number of aliphatic hydroxyl groups is 1. The minimum atomic E-state index is -1.16. The van der Waals surface area contributed by atoms with Crippen molar-refractivity contribution in [1.82, 2.24) is 9.78 Å². The molecule has 2 rings (SSSR count). The normalized spacial score (nSPS) is 13.0. The molecule has 1 atom stereocenters. The zero-order valence-corrected chi connectivity index (χ0v) is 12.8. The predicted octanol–water partition coefficient (Wildman–Crippen LogP) is 4.10. The summed E-state index contributed by atoms with van der Waals surface area (Å²) in [5, 5.41) is 14.8. The Balaban J connectivity index is 2.52. The van der Waals surface area contributed by atoms with E-state index in [9.17, 15) is 9.50 Å². The van der Waals surface area contributed by atoms with Crippen LogP contribution in [0.1, 0.15) is 37.3 Å². The second-order valence-electron chi connectivity index (χ2n) is 4.48. The van der Waals surface area contributed by atoms with Gasteiger partial charge in [0.2, 0.25) is 0 Å². The number of nitrogens with zero attached hydrogens (tertiary/aromatic N) is 2. The largest absolute Gasteiger partial charge is 0.382 e. The van der Waals surface area contributed by atoms with Crippen LogP contribution in [-0.4, -0.2) is 14.9 Å². The highest BCUT2D eigenvalue weighted by Gasteiger charge is 2.23. The number of rotatable bonds is 3. The third kappa shape index (κ3) is 2.83. The maximum absolute atomic E-state index is 13.8. The molecule has 0 radical (unpaired) electrons.